The first-order valence-corrected chi connectivity index (χ1v) is 5.30. The van der Waals surface area contributed by atoms with Gasteiger partial charge in [0.1, 0.15) is 0 Å². The van der Waals surface area contributed by atoms with Gasteiger partial charge in [-0.1, -0.05) is 11.6 Å². The number of nitrogens with two attached hydrogens (primary N) is 1. The van der Waals surface area contributed by atoms with Crippen LogP contribution in [0.25, 0.3) is 0 Å². The van der Waals surface area contributed by atoms with Crippen molar-refractivity contribution >= 4 is 17.6 Å². The second kappa shape index (κ2) is 5.25. The predicted molar refractivity (Wildman–Crippen MR) is 63.8 cm³/mol. The van der Waals surface area contributed by atoms with Crippen molar-refractivity contribution < 1.29 is 19.7 Å². The van der Waals surface area contributed by atoms with Crippen molar-refractivity contribution in [3.63, 3.8) is 0 Å². The number of carboxylic acid groups (broad SMARTS) is 1. The first kappa shape index (κ1) is 13.6. The van der Waals surface area contributed by atoms with Gasteiger partial charge in [-0.25, -0.2) is 0 Å². The van der Waals surface area contributed by atoms with Crippen molar-refractivity contribution in [1.82, 2.24) is 0 Å². The molecule has 0 aliphatic rings. The SMILES string of the molecule is COc1cc(C)c(Cl)c(C(CN)C(=O)O)c1O. The summed E-state index contributed by atoms with van der Waals surface area (Å²) < 4.78 is 4.95. The number of rotatable bonds is 4. The van der Waals surface area contributed by atoms with E-state index in [1.165, 1.54) is 13.2 Å². The summed E-state index contributed by atoms with van der Waals surface area (Å²) in [4.78, 5) is 11.1. The molecule has 5 nitrogen and oxygen atoms in total. The van der Waals surface area contributed by atoms with Gasteiger partial charge in [0, 0.05) is 12.1 Å². The van der Waals surface area contributed by atoms with Crippen LogP contribution >= 0.6 is 11.6 Å². The molecule has 0 aliphatic heterocycles. The van der Waals surface area contributed by atoms with Crippen molar-refractivity contribution in [2.24, 2.45) is 5.73 Å². The van der Waals surface area contributed by atoms with Crippen molar-refractivity contribution in [2.45, 2.75) is 12.8 Å². The third-order valence-corrected chi connectivity index (χ3v) is 3.02. The molecule has 94 valence electrons. The van der Waals surface area contributed by atoms with Crippen molar-refractivity contribution in [2.75, 3.05) is 13.7 Å². The van der Waals surface area contributed by atoms with E-state index in [-0.39, 0.29) is 28.6 Å². The van der Waals surface area contributed by atoms with Gasteiger partial charge in [0.2, 0.25) is 0 Å². The van der Waals surface area contributed by atoms with Crippen LogP contribution in [0.5, 0.6) is 11.5 Å². The monoisotopic (exact) mass is 259 g/mol. The van der Waals surface area contributed by atoms with Crippen LogP contribution in [0.1, 0.15) is 17.0 Å². The molecule has 0 amide bonds. The summed E-state index contributed by atoms with van der Waals surface area (Å²) in [7, 11) is 1.38. The van der Waals surface area contributed by atoms with Gasteiger partial charge in [-0.15, -0.1) is 0 Å². The Morgan fingerprint density at radius 1 is 1.65 bits per heavy atom. The summed E-state index contributed by atoms with van der Waals surface area (Å²) in [5, 5.41) is 19.2. The second-order valence-electron chi connectivity index (χ2n) is 3.60. The van der Waals surface area contributed by atoms with Crippen LogP contribution in [-0.4, -0.2) is 29.8 Å². The highest BCUT2D eigenvalue weighted by Gasteiger charge is 2.27. The highest BCUT2D eigenvalue weighted by molar-refractivity contribution is 6.32. The third-order valence-electron chi connectivity index (χ3n) is 2.52. The molecule has 17 heavy (non-hydrogen) atoms. The Morgan fingerprint density at radius 3 is 2.65 bits per heavy atom. The lowest BCUT2D eigenvalue weighted by atomic mass is 9.96. The summed E-state index contributed by atoms with van der Waals surface area (Å²) >= 11 is 6.01. The van der Waals surface area contributed by atoms with E-state index in [4.69, 9.17) is 27.2 Å². The molecule has 1 atom stereocenters. The maximum atomic E-state index is 11.1. The average Bonchev–Trinajstić information content (AvgIpc) is 2.28. The number of phenolic OH excluding ortho intramolecular Hbond substituents is 1. The number of hydrogen-bond acceptors (Lipinski definition) is 4. The Labute approximate surface area is 104 Å². The van der Waals surface area contributed by atoms with Crippen LogP contribution in [0.15, 0.2) is 6.07 Å². The molecule has 0 bridgehead atoms. The van der Waals surface area contributed by atoms with E-state index in [1.54, 1.807) is 6.92 Å². The lowest BCUT2D eigenvalue weighted by Crippen LogP contribution is -2.22. The number of halogens is 1. The average molecular weight is 260 g/mol. The maximum absolute atomic E-state index is 11.1. The number of benzene rings is 1. The molecular formula is C11H14ClNO4. The van der Waals surface area contributed by atoms with E-state index in [1.807, 2.05) is 0 Å². The number of aryl methyl sites for hydroxylation is 1. The highest BCUT2D eigenvalue weighted by Crippen LogP contribution is 2.41. The highest BCUT2D eigenvalue weighted by atomic mass is 35.5. The van der Waals surface area contributed by atoms with Gasteiger partial charge < -0.3 is 20.7 Å². The second-order valence-corrected chi connectivity index (χ2v) is 3.98. The zero-order valence-corrected chi connectivity index (χ0v) is 10.3. The van der Waals surface area contributed by atoms with E-state index >= 15 is 0 Å². The van der Waals surface area contributed by atoms with Crippen LogP contribution < -0.4 is 10.5 Å². The molecule has 0 radical (unpaired) electrons. The minimum atomic E-state index is -1.14. The molecular weight excluding hydrogens is 246 g/mol. The standard InChI is InChI=1S/C11H14ClNO4/c1-5-3-7(17-2)10(14)8(9(5)12)6(4-13)11(15)16/h3,6,14H,4,13H2,1-2H3,(H,15,16). The van der Waals surface area contributed by atoms with Gasteiger partial charge in [0.05, 0.1) is 18.1 Å². The molecule has 1 aromatic carbocycles. The van der Waals surface area contributed by atoms with Crippen LogP contribution in [0, 0.1) is 6.92 Å². The van der Waals surface area contributed by atoms with E-state index in [0.29, 0.717) is 5.56 Å². The Bertz CT molecular complexity index is 448. The molecule has 0 saturated carbocycles. The Morgan fingerprint density at radius 2 is 2.24 bits per heavy atom. The molecule has 0 heterocycles. The topological polar surface area (TPSA) is 92.8 Å². The number of methoxy groups -OCH3 is 1. The molecule has 6 heteroatoms. The molecule has 0 aliphatic carbocycles. The predicted octanol–water partition coefficient (Wildman–Crippen LogP) is 1.49. The Balaban J connectivity index is 3.49. The van der Waals surface area contributed by atoms with Gasteiger partial charge in [0.25, 0.3) is 0 Å². The normalized spacial score (nSPS) is 12.2. The largest absolute Gasteiger partial charge is 0.504 e. The van der Waals surface area contributed by atoms with Crippen LogP contribution in [0.3, 0.4) is 0 Å². The molecule has 0 spiro atoms. The summed E-state index contributed by atoms with van der Waals surface area (Å²) in [6, 6.07) is 1.54. The maximum Gasteiger partial charge on any atom is 0.312 e. The number of phenols is 1. The summed E-state index contributed by atoms with van der Waals surface area (Å²) in [6.07, 6.45) is 0. The van der Waals surface area contributed by atoms with Crippen LogP contribution in [-0.2, 0) is 4.79 Å². The van der Waals surface area contributed by atoms with E-state index in [9.17, 15) is 9.90 Å². The zero-order chi connectivity index (χ0) is 13.2. The fourth-order valence-corrected chi connectivity index (χ4v) is 1.87. The minimum Gasteiger partial charge on any atom is -0.504 e. The van der Waals surface area contributed by atoms with E-state index < -0.39 is 11.9 Å². The third kappa shape index (κ3) is 2.45. The molecule has 0 fully saturated rings. The van der Waals surface area contributed by atoms with E-state index in [0.717, 1.165) is 0 Å². The zero-order valence-electron chi connectivity index (χ0n) is 9.53. The van der Waals surface area contributed by atoms with Gasteiger partial charge in [-0.2, -0.15) is 0 Å². The fourth-order valence-electron chi connectivity index (χ4n) is 1.59. The van der Waals surface area contributed by atoms with Gasteiger partial charge in [0.15, 0.2) is 11.5 Å². The Hall–Kier alpha value is -1.46. The number of ether oxygens (including phenoxy) is 1. The van der Waals surface area contributed by atoms with Crippen molar-refractivity contribution in [3.05, 3.63) is 22.2 Å². The quantitative estimate of drug-likeness (QED) is 0.762. The Kier molecular flexibility index (Phi) is 4.20. The molecule has 0 saturated heterocycles. The van der Waals surface area contributed by atoms with Crippen LogP contribution in [0.4, 0.5) is 0 Å². The minimum absolute atomic E-state index is 0.0958. The number of carbonyl (C=O) groups is 1. The number of carboxylic acids is 1. The van der Waals surface area contributed by atoms with Gasteiger partial charge in [-0.05, 0) is 18.6 Å². The summed E-state index contributed by atoms with van der Waals surface area (Å²) in [6.45, 7) is 1.54. The lowest BCUT2D eigenvalue weighted by Gasteiger charge is -2.17. The molecule has 0 aromatic heterocycles. The fraction of sp³-hybridized carbons (Fsp3) is 0.364. The molecule has 1 rings (SSSR count). The van der Waals surface area contributed by atoms with Crippen molar-refractivity contribution in [1.29, 1.82) is 0 Å². The first-order valence-electron chi connectivity index (χ1n) is 4.92. The van der Waals surface area contributed by atoms with Gasteiger partial charge in [-0.3, -0.25) is 4.79 Å². The van der Waals surface area contributed by atoms with Gasteiger partial charge >= 0.3 is 5.97 Å². The summed E-state index contributed by atoms with van der Waals surface area (Å²) in [5.74, 6) is -2.30. The summed E-state index contributed by atoms with van der Waals surface area (Å²) in [5.41, 5.74) is 6.11. The van der Waals surface area contributed by atoms with E-state index in [2.05, 4.69) is 0 Å². The van der Waals surface area contributed by atoms with Crippen molar-refractivity contribution in [3.8, 4) is 11.5 Å². The molecule has 1 unspecified atom stereocenters. The smallest absolute Gasteiger partial charge is 0.312 e. The first-order chi connectivity index (χ1) is 7.93. The number of aromatic hydroxyl groups is 1. The van der Waals surface area contributed by atoms with Crippen LogP contribution in [0.2, 0.25) is 5.02 Å². The lowest BCUT2D eigenvalue weighted by molar-refractivity contribution is -0.138. The number of aliphatic carboxylic acids is 1. The molecule has 4 N–H and O–H groups in total. The number of hydrogen-bond donors (Lipinski definition) is 3. The molecule has 1 aromatic rings.